The van der Waals surface area contributed by atoms with Crippen LogP contribution in [0.3, 0.4) is 0 Å². The molecule has 0 aliphatic rings. The Morgan fingerprint density at radius 3 is 2.14 bits per heavy atom. The van der Waals surface area contributed by atoms with Crippen molar-refractivity contribution in [2.24, 2.45) is 0 Å². The predicted octanol–water partition coefficient (Wildman–Crippen LogP) is 3.61. The molecule has 1 aromatic rings. The van der Waals surface area contributed by atoms with E-state index in [1.165, 1.54) is 10.5 Å². The van der Waals surface area contributed by atoms with Crippen molar-refractivity contribution in [1.29, 1.82) is 0 Å². The topological polar surface area (TPSA) is 15.3 Å². The molecule has 1 N–H and O–H groups in total. The highest BCUT2D eigenvalue weighted by molar-refractivity contribution is 5.22. The van der Waals surface area contributed by atoms with Crippen LogP contribution in [0.1, 0.15) is 31.4 Å². The molecule has 21 heavy (non-hydrogen) atoms. The lowest BCUT2D eigenvalue weighted by Crippen LogP contribution is -2.33. The van der Waals surface area contributed by atoms with Crippen LogP contribution in [0, 0.1) is 0 Å². The van der Waals surface area contributed by atoms with E-state index in [2.05, 4.69) is 12.2 Å². The smallest absolute Gasteiger partial charge is 0.316 e. The Kier molecular flexibility index (Phi) is 7.75. The van der Waals surface area contributed by atoms with Gasteiger partial charge in [-0.15, -0.1) is 0 Å². The largest absolute Gasteiger partial charge is 0.401 e. The van der Waals surface area contributed by atoms with Crippen LogP contribution in [-0.2, 0) is 13.0 Å². The summed E-state index contributed by atoms with van der Waals surface area (Å²) < 4.78 is 37.2. The predicted molar refractivity (Wildman–Crippen MR) is 80.3 cm³/mol. The highest BCUT2D eigenvalue weighted by Crippen LogP contribution is 2.18. The van der Waals surface area contributed by atoms with Gasteiger partial charge in [0.2, 0.25) is 0 Å². The van der Waals surface area contributed by atoms with E-state index < -0.39 is 12.7 Å². The minimum absolute atomic E-state index is 0.338. The van der Waals surface area contributed by atoms with Crippen molar-refractivity contribution in [2.75, 3.05) is 26.2 Å². The van der Waals surface area contributed by atoms with Gasteiger partial charge in [-0.1, -0.05) is 38.1 Å². The Balaban J connectivity index is 2.45. The lowest BCUT2D eigenvalue weighted by Gasteiger charge is -2.22. The van der Waals surface area contributed by atoms with Gasteiger partial charge in [-0.3, -0.25) is 4.90 Å². The molecule has 0 radical (unpaired) electrons. The molecule has 0 amide bonds. The molecule has 0 aliphatic carbocycles. The third kappa shape index (κ3) is 8.07. The number of benzene rings is 1. The van der Waals surface area contributed by atoms with Crippen LogP contribution in [0.25, 0.3) is 0 Å². The summed E-state index contributed by atoms with van der Waals surface area (Å²) >= 11 is 0. The summed E-state index contributed by atoms with van der Waals surface area (Å²) in [5.74, 6) is 0. The standard InChI is InChI=1S/C16H25F3N2/c1-3-10-20-11-9-14-5-7-15(8-6-14)12-21(4-2)13-16(17,18)19/h5-8,20H,3-4,9-13H2,1-2H3. The number of nitrogens with zero attached hydrogens (tertiary/aromatic N) is 1. The maximum Gasteiger partial charge on any atom is 0.401 e. The van der Waals surface area contributed by atoms with Crippen molar-refractivity contribution in [3.63, 3.8) is 0 Å². The second kappa shape index (κ2) is 9.05. The van der Waals surface area contributed by atoms with Gasteiger partial charge in [-0.05, 0) is 43.6 Å². The van der Waals surface area contributed by atoms with Crippen LogP contribution in [-0.4, -0.2) is 37.3 Å². The zero-order valence-electron chi connectivity index (χ0n) is 12.8. The van der Waals surface area contributed by atoms with Gasteiger partial charge in [0, 0.05) is 6.54 Å². The highest BCUT2D eigenvalue weighted by Gasteiger charge is 2.29. The number of rotatable bonds is 9. The summed E-state index contributed by atoms with van der Waals surface area (Å²) in [7, 11) is 0. The highest BCUT2D eigenvalue weighted by atomic mass is 19.4. The Morgan fingerprint density at radius 2 is 1.62 bits per heavy atom. The molecule has 0 aliphatic heterocycles. The maximum absolute atomic E-state index is 12.4. The van der Waals surface area contributed by atoms with Crippen molar-refractivity contribution in [2.45, 2.75) is 39.4 Å². The van der Waals surface area contributed by atoms with E-state index in [1.807, 2.05) is 24.3 Å². The van der Waals surface area contributed by atoms with Gasteiger partial charge in [-0.2, -0.15) is 13.2 Å². The molecule has 0 saturated heterocycles. The number of hydrogen-bond donors (Lipinski definition) is 1. The molecule has 1 aromatic carbocycles. The van der Waals surface area contributed by atoms with Gasteiger partial charge in [0.25, 0.3) is 0 Å². The zero-order chi connectivity index (χ0) is 15.7. The van der Waals surface area contributed by atoms with E-state index >= 15 is 0 Å². The molecule has 0 atom stereocenters. The monoisotopic (exact) mass is 302 g/mol. The van der Waals surface area contributed by atoms with Gasteiger partial charge in [0.15, 0.2) is 0 Å². The molecule has 0 bridgehead atoms. The van der Waals surface area contributed by atoms with Crippen LogP contribution in [0.2, 0.25) is 0 Å². The average molecular weight is 302 g/mol. The van der Waals surface area contributed by atoms with Gasteiger partial charge in [0.05, 0.1) is 6.54 Å². The molecule has 0 fully saturated rings. The third-order valence-electron chi connectivity index (χ3n) is 3.30. The van der Waals surface area contributed by atoms with Crippen LogP contribution in [0.4, 0.5) is 13.2 Å². The van der Waals surface area contributed by atoms with Crippen molar-refractivity contribution in [3.05, 3.63) is 35.4 Å². The van der Waals surface area contributed by atoms with Crippen molar-refractivity contribution < 1.29 is 13.2 Å². The van der Waals surface area contributed by atoms with Gasteiger partial charge in [0.1, 0.15) is 0 Å². The molecule has 5 heteroatoms. The lowest BCUT2D eigenvalue weighted by molar-refractivity contribution is -0.146. The SMILES string of the molecule is CCCNCCc1ccc(CN(CC)CC(F)(F)F)cc1. The Hall–Kier alpha value is -1.07. The second-order valence-electron chi connectivity index (χ2n) is 5.23. The quantitative estimate of drug-likeness (QED) is 0.701. The van der Waals surface area contributed by atoms with Crippen LogP contribution in [0.15, 0.2) is 24.3 Å². The van der Waals surface area contributed by atoms with E-state index in [4.69, 9.17) is 0 Å². The first-order valence-corrected chi connectivity index (χ1v) is 7.52. The minimum Gasteiger partial charge on any atom is -0.316 e. The fourth-order valence-corrected chi connectivity index (χ4v) is 2.14. The summed E-state index contributed by atoms with van der Waals surface area (Å²) in [5, 5.41) is 3.33. The average Bonchev–Trinajstić information content (AvgIpc) is 2.43. The molecule has 1 rings (SSSR count). The van der Waals surface area contributed by atoms with Crippen molar-refractivity contribution >= 4 is 0 Å². The summed E-state index contributed by atoms with van der Waals surface area (Å²) in [4.78, 5) is 1.40. The minimum atomic E-state index is -4.14. The first-order chi connectivity index (χ1) is 9.94. The molecule has 0 unspecified atom stereocenters. The van der Waals surface area contributed by atoms with Gasteiger partial charge < -0.3 is 5.32 Å². The van der Waals surface area contributed by atoms with E-state index in [0.29, 0.717) is 13.1 Å². The molecule has 0 saturated carbocycles. The normalized spacial score (nSPS) is 12.1. The summed E-state index contributed by atoms with van der Waals surface area (Å²) in [5.41, 5.74) is 2.13. The number of hydrogen-bond acceptors (Lipinski definition) is 2. The van der Waals surface area contributed by atoms with Crippen LogP contribution >= 0.6 is 0 Å². The Labute approximate surface area is 125 Å². The van der Waals surface area contributed by atoms with Crippen LogP contribution in [0.5, 0.6) is 0 Å². The number of halogens is 3. The Morgan fingerprint density at radius 1 is 1.00 bits per heavy atom. The van der Waals surface area contributed by atoms with Crippen LogP contribution < -0.4 is 5.32 Å². The first kappa shape index (κ1) is 18.0. The van der Waals surface area contributed by atoms with E-state index in [-0.39, 0.29) is 0 Å². The van der Waals surface area contributed by atoms with Crippen molar-refractivity contribution in [1.82, 2.24) is 10.2 Å². The third-order valence-corrected chi connectivity index (χ3v) is 3.30. The summed E-state index contributed by atoms with van der Waals surface area (Å²) in [6.45, 7) is 5.70. The second-order valence-corrected chi connectivity index (χ2v) is 5.23. The van der Waals surface area contributed by atoms with E-state index in [1.54, 1.807) is 6.92 Å². The fraction of sp³-hybridized carbons (Fsp3) is 0.625. The maximum atomic E-state index is 12.4. The molecule has 2 nitrogen and oxygen atoms in total. The van der Waals surface area contributed by atoms with Crippen molar-refractivity contribution in [3.8, 4) is 0 Å². The summed E-state index contributed by atoms with van der Waals surface area (Å²) in [6, 6.07) is 7.86. The molecule has 0 aromatic heterocycles. The summed E-state index contributed by atoms with van der Waals surface area (Å²) in [6.07, 6.45) is -2.08. The number of alkyl halides is 3. The Bertz CT molecular complexity index is 388. The zero-order valence-corrected chi connectivity index (χ0v) is 12.8. The lowest BCUT2D eigenvalue weighted by atomic mass is 10.1. The molecular formula is C16H25F3N2. The first-order valence-electron chi connectivity index (χ1n) is 7.52. The molecule has 120 valence electrons. The van der Waals surface area contributed by atoms with E-state index in [0.717, 1.165) is 31.5 Å². The van der Waals surface area contributed by atoms with Gasteiger partial charge in [-0.25, -0.2) is 0 Å². The van der Waals surface area contributed by atoms with E-state index in [9.17, 15) is 13.2 Å². The fourth-order valence-electron chi connectivity index (χ4n) is 2.14. The number of nitrogens with one attached hydrogen (secondary N) is 1. The molecule has 0 heterocycles. The molecular weight excluding hydrogens is 277 g/mol. The molecule has 0 spiro atoms. The van der Waals surface area contributed by atoms with Gasteiger partial charge >= 0.3 is 6.18 Å².